The number of benzene rings is 3. The van der Waals surface area contributed by atoms with E-state index in [1.807, 2.05) is 42.5 Å². The maximum absolute atomic E-state index is 13.9. The van der Waals surface area contributed by atoms with Crippen LogP contribution in [-0.4, -0.2) is 37.4 Å². The van der Waals surface area contributed by atoms with E-state index in [0.29, 0.717) is 16.6 Å². The van der Waals surface area contributed by atoms with E-state index < -0.39 is 16.1 Å². The predicted octanol–water partition coefficient (Wildman–Crippen LogP) is 4.68. The number of aliphatic imine (C=N–C) groups is 1. The summed E-state index contributed by atoms with van der Waals surface area (Å²) in [4.78, 5) is 4.20. The van der Waals surface area contributed by atoms with Crippen molar-refractivity contribution in [1.82, 2.24) is 9.42 Å². The summed E-state index contributed by atoms with van der Waals surface area (Å²) >= 11 is 12.1. The second-order valence-corrected chi connectivity index (χ2v) is 10.1. The maximum atomic E-state index is 13.9. The minimum atomic E-state index is -4.00. The summed E-state index contributed by atoms with van der Waals surface area (Å²) in [6.07, 6.45) is 0. The highest BCUT2D eigenvalue weighted by Gasteiger charge is 2.49. The van der Waals surface area contributed by atoms with E-state index in [0.717, 1.165) is 11.1 Å². The van der Waals surface area contributed by atoms with Crippen molar-refractivity contribution in [3.05, 3.63) is 100 Å². The van der Waals surface area contributed by atoms with Crippen LogP contribution in [0.25, 0.3) is 0 Å². The minimum absolute atomic E-state index is 0.111. The Morgan fingerprint density at radius 1 is 0.906 bits per heavy atom. The Morgan fingerprint density at radius 3 is 2.03 bits per heavy atom. The van der Waals surface area contributed by atoms with Crippen LogP contribution in [0.4, 0.5) is 0 Å². The van der Waals surface area contributed by atoms with E-state index in [4.69, 9.17) is 28.9 Å². The van der Waals surface area contributed by atoms with Crippen LogP contribution >= 0.6 is 23.2 Å². The Labute approximate surface area is 197 Å². The van der Waals surface area contributed by atoms with Gasteiger partial charge in [0, 0.05) is 29.6 Å². The van der Waals surface area contributed by atoms with Crippen molar-refractivity contribution in [3.8, 4) is 0 Å². The van der Waals surface area contributed by atoms with E-state index in [1.165, 1.54) is 28.6 Å². The molecule has 2 atom stereocenters. The van der Waals surface area contributed by atoms with Gasteiger partial charge in [-0.2, -0.15) is 0 Å². The Balaban J connectivity index is 1.92. The van der Waals surface area contributed by atoms with Crippen LogP contribution in [0.3, 0.4) is 0 Å². The molecular formula is C23H22Cl2N4O2S. The Morgan fingerprint density at radius 2 is 1.47 bits per heavy atom. The summed E-state index contributed by atoms with van der Waals surface area (Å²) in [6, 6.07) is 22.5. The van der Waals surface area contributed by atoms with Crippen LogP contribution < -0.4 is 5.73 Å². The first kappa shape index (κ1) is 22.6. The molecule has 3 aromatic carbocycles. The van der Waals surface area contributed by atoms with Gasteiger partial charge in [0.1, 0.15) is 0 Å². The highest BCUT2D eigenvalue weighted by atomic mass is 35.5. The molecule has 4 rings (SSSR count). The summed E-state index contributed by atoms with van der Waals surface area (Å²) < 4.78 is 29.2. The third-order valence-corrected chi connectivity index (χ3v) is 7.81. The fourth-order valence-corrected chi connectivity index (χ4v) is 5.91. The van der Waals surface area contributed by atoms with Gasteiger partial charge in [0.25, 0.3) is 10.0 Å². The molecule has 0 bridgehead atoms. The summed E-state index contributed by atoms with van der Waals surface area (Å²) in [5.74, 6) is -0.0836. The van der Waals surface area contributed by atoms with E-state index in [9.17, 15) is 8.42 Å². The fourth-order valence-electron chi connectivity index (χ4n) is 3.98. The molecule has 166 valence electrons. The lowest BCUT2D eigenvalue weighted by atomic mass is 9.89. The van der Waals surface area contributed by atoms with Gasteiger partial charge in [-0.25, -0.2) is 8.42 Å². The zero-order valence-electron chi connectivity index (χ0n) is 17.3. The van der Waals surface area contributed by atoms with Crippen molar-refractivity contribution in [2.75, 3.05) is 13.6 Å². The second-order valence-electron chi connectivity index (χ2n) is 7.41. The number of nitrogens with zero attached hydrogens (tertiary/aromatic N) is 3. The van der Waals surface area contributed by atoms with Crippen LogP contribution in [-0.2, 0) is 10.0 Å². The topological polar surface area (TPSA) is 79.0 Å². The molecule has 32 heavy (non-hydrogen) atoms. The number of guanidine groups is 1. The van der Waals surface area contributed by atoms with Crippen molar-refractivity contribution in [2.24, 2.45) is 10.7 Å². The van der Waals surface area contributed by atoms with E-state index >= 15 is 0 Å². The normalized spacial score (nSPS) is 20.0. The van der Waals surface area contributed by atoms with Gasteiger partial charge in [0.15, 0.2) is 0 Å². The Bertz CT molecular complexity index is 1220. The summed E-state index contributed by atoms with van der Waals surface area (Å²) in [5, 5.41) is 2.55. The quantitative estimate of drug-likeness (QED) is 0.426. The number of hydrogen-bond donors (Lipinski definition) is 1. The average Bonchev–Trinajstić information content (AvgIpc) is 3.21. The van der Waals surface area contributed by atoms with Gasteiger partial charge < -0.3 is 5.73 Å². The molecule has 1 aliphatic rings. The zero-order valence-corrected chi connectivity index (χ0v) is 19.6. The van der Waals surface area contributed by atoms with Gasteiger partial charge in [-0.05, 0) is 47.5 Å². The molecule has 1 heterocycles. The van der Waals surface area contributed by atoms with Gasteiger partial charge in [0.05, 0.1) is 10.9 Å². The molecule has 0 radical (unpaired) electrons. The van der Waals surface area contributed by atoms with Crippen molar-refractivity contribution in [2.45, 2.75) is 16.9 Å². The molecule has 0 spiro atoms. The van der Waals surface area contributed by atoms with Gasteiger partial charge in [-0.1, -0.05) is 70.1 Å². The van der Waals surface area contributed by atoms with Crippen LogP contribution in [0.2, 0.25) is 10.0 Å². The van der Waals surface area contributed by atoms with Crippen LogP contribution in [0, 0.1) is 0 Å². The highest BCUT2D eigenvalue weighted by molar-refractivity contribution is 7.89. The molecule has 2 N–H and O–H groups in total. The smallest absolute Gasteiger partial charge is 0.260 e. The third kappa shape index (κ3) is 4.21. The molecule has 6 nitrogen and oxygen atoms in total. The maximum Gasteiger partial charge on any atom is 0.260 e. The molecule has 3 aromatic rings. The SMILES string of the molecule is CN=C(N)N1C[C@H](c2ccccc2)C(c2ccc(Cl)cc2)N1S(=O)(=O)c1ccc(Cl)cc1. The Hall–Kier alpha value is -2.58. The van der Waals surface area contributed by atoms with Crippen LogP contribution in [0.15, 0.2) is 88.8 Å². The van der Waals surface area contributed by atoms with Gasteiger partial charge in [-0.3, -0.25) is 10.0 Å². The largest absolute Gasteiger partial charge is 0.369 e. The van der Waals surface area contributed by atoms with Crippen LogP contribution in [0.1, 0.15) is 23.1 Å². The fraction of sp³-hybridized carbons (Fsp3) is 0.174. The Kier molecular flexibility index (Phi) is 6.44. The standard InChI is InChI=1S/C23H22Cl2N4O2S/c1-27-23(26)28-15-21(16-5-3-2-4-6-16)22(17-7-9-18(24)10-8-17)29(28)32(30,31)20-13-11-19(25)12-14-20/h2-14,21-22H,15H2,1H3,(H2,26,27)/t21-,22?/m1/s1. The van der Waals surface area contributed by atoms with Crippen molar-refractivity contribution in [3.63, 3.8) is 0 Å². The zero-order chi connectivity index (χ0) is 22.9. The average molecular weight is 489 g/mol. The van der Waals surface area contributed by atoms with Crippen LogP contribution in [0.5, 0.6) is 0 Å². The van der Waals surface area contributed by atoms with E-state index in [2.05, 4.69) is 4.99 Å². The highest BCUT2D eigenvalue weighted by Crippen LogP contribution is 2.46. The number of halogens is 2. The molecule has 9 heteroatoms. The number of rotatable bonds is 4. The first-order valence-corrected chi connectivity index (χ1v) is 12.1. The molecule has 1 fully saturated rings. The molecule has 0 amide bonds. The van der Waals surface area contributed by atoms with E-state index in [1.54, 1.807) is 24.3 Å². The summed E-state index contributed by atoms with van der Waals surface area (Å²) in [6.45, 7) is 0.341. The first-order valence-electron chi connectivity index (χ1n) is 9.93. The number of nitrogens with two attached hydrogens (primary N) is 1. The van der Waals surface area contributed by atoms with Crippen molar-refractivity contribution in [1.29, 1.82) is 0 Å². The molecule has 1 unspecified atom stereocenters. The predicted molar refractivity (Wildman–Crippen MR) is 128 cm³/mol. The number of sulfonamides is 1. The van der Waals surface area contributed by atoms with Gasteiger partial charge in [0.2, 0.25) is 5.96 Å². The molecule has 1 saturated heterocycles. The lowest BCUT2D eigenvalue weighted by Gasteiger charge is -2.32. The van der Waals surface area contributed by atoms with Crippen molar-refractivity contribution < 1.29 is 8.42 Å². The molecule has 1 aliphatic heterocycles. The third-order valence-electron chi connectivity index (χ3n) is 5.52. The molecule has 0 saturated carbocycles. The lowest BCUT2D eigenvalue weighted by Crippen LogP contribution is -2.48. The summed E-state index contributed by atoms with van der Waals surface area (Å²) in [7, 11) is -2.46. The van der Waals surface area contributed by atoms with Gasteiger partial charge >= 0.3 is 0 Å². The first-order chi connectivity index (χ1) is 15.3. The second kappa shape index (κ2) is 9.11. The lowest BCUT2D eigenvalue weighted by molar-refractivity contribution is 0.176. The number of hydrogen-bond acceptors (Lipinski definition) is 3. The van der Waals surface area contributed by atoms with Crippen molar-refractivity contribution >= 4 is 39.2 Å². The molecular weight excluding hydrogens is 467 g/mol. The summed E-state index contributed by atoms with van der Waals surface area (Å²) in [5.41, 5.74) is 7.99. The minimum Gasteiger partial charge on any atom is -0.369 e. The van der Waals surface area contributed by atoms with Gasteiger partial charge in [-0.15, -0.1) is 0 Å². The molecule has 0 aliphatic carbocycles. The van der Waals surface area contributed by atoms with E-state index in [-0.39, 0.29) is 16.8 Å². The molecule has 0 aromatic heterocycles. The number of hydrazine groups is 1. The monoisotopic (exact) mass is 488 g/mol.